The van der Waals surface area contributed by atoms with E-state index in [2.05, 4.69) is 17.0 Å². The summed E-state index contributed by atoms with van der Waals surface area (Å²) in [5, 5.41) is 4.08. The predicted molar refractivity (Wildman–Crippen MR) is 77.0 cm³/mol. The summed E-state index contributed by atoms with van der Waals surface area (Å²) in [6.07, 6.45) is 11.4. The van der Waals surface area contributed by atoms with E-state index in [4.69, 9.17) is 0 Å². The molecule has 1 heterocycles. The molecule has 108 valence electrons. The molecule has 0 N–H and O–H groups in total. The van der Waals surface area contributed by atoms with Crippen LogP contribution in [0.4, 0.5) is 0 Å². The smallest absolute Gasteiger partial charge is 0.140 e. The van der Waals surface area contributed by atoms with Crippen LogP contribution in [0.3, 0.4) is 0 Å². The van der Waals surface area contributed by atoms with Crippen molar-refractivity contribution in [2.75, 3.05) is 0 Å². The van der Waals surface area contributed by atoms with E-state index in [0.29, 0.717) is 12.8 Å². The van der Waals surface area contributed by atoms with E-state index in [1.54, 1.807) is 4.68 Å². The van der Waals surface area contributed by atoms with E-state index in [9.17, 15) is 4.79 Å². The molecule has 0 spiro atoms. The van der Waals surface area contributed by atoms with Gasteiger partial charge in [-0.05, 0) is 13.3 Å². The summed E-state index contributed by atoms with van der Waals surface area (Å²) in [7, 11) is 0. The Kier molecular flexibility index (Phi) is 8.10. The first-order chi connectivity index (χ1) is 9.27. The number of nitrogens with zero attached hydrogens (tertiary/aromatic N) is 3. The van der Waals surface area contributed by atoms with Crippen LogP contribution in [-0.2, 0) is 17.8 Å². The molecule has 0 aliphatic carbocycles. The molecule has 0 radical (unpaired) electrons. The Bertz CT molecular complexity index is 360. The fourth-order valence-corrected chi connectivity index (χ4v) is 2.23. The fourth-order valence-electron chi connectivity index (χ4n) is 2.23. The quantitative estimate of drug-likeness (QED) is 0.575. The van der Waals surface area contributed by atoms with Crippen molar-refractivity contribution < 1.29 is 4.79 Å². The number of aromatic nitrogens is 3. The average molecular weight is 265 g/mol. The highest BCUT2D eigenvalue weighted by Crippen LogP contribution is 2.09. The van der Waals surface area contributed by atoms with Crippen LogP contribution in [-0.4, -0.2) is 20.5 Å². The van der Waals surface area contributed by atoms with Gasteiger partial charge < -0.3 is 0 Å². The monoisotopic (exact) mass is 265 g/mol. The molecule has 0 bridgehead atoms. The third kappa shape index (κ3) is 6.50. The maximum absolute atomic E-state index is 11.8. The zero-order valence-electron chi connectivity index (χ0n) is 12.4. The Morgan fingerprint density at radius 3 is 2.47 bits per heavy atom. The number of hydrogen-bond acceptors (Lipinski definition) is 3. The molecule has 1 aromatic rings. The van der Waals surface area contributed by atoms with Crippen LogP contribution in [0, 0.1) is 0 Å². The van der Waals surface area contributed by atoms with Crippen molar-refractivity contribution in [3.8, 4) is 0 Å². The lowest BCUT2D eigenvalue weighted by Gasteiger charge is -2.03. The molecule has 0 saturated heterocycles. The summed E-state index contributed by atoms with van der Waals surface area (Å²) < 4.78 is 1.79. The maximum Gasteiger partial charge on any atom is 0.140 e. The minimum atomic E-state index is 0.288. The zero-order valence-corrected chi connectivity index (χ0v) is 12.4. The lowest BCUT2D eigenvalue weighted by molar-refractivity contribution is -0.118. The summed E-state index contributed by atoms with van der Waals surface area (Å²) in [6, 6.07) is 0. The van der Waals surface area contributed by atoms with E-state index < -0.39 is 0 Å². The van der Waals surface area contributed by atoms with Gasteiger partial charge >= 0.3 is 0 Å². The van der Waals surface area contributed by atoms with Gasteiger partial charge in [-0.2, -0.15) is 5.10 Å². The molecule has 0 saturated carbocycles. The molecule has 0 aromatic carbocycles. The van der Waals surface area contributed by atoms with Gasteiger partial charge in [0, 0.05) is 13.0 Å². The first kappa shape index (κ1) is 15.9. The first-order valence-corrected chi connectivity index (χ1v) is 7.66. The number of hydrogen-bond donors (Lipinski definition) is 0. The fraction of sp³-hybridized carbons (Fsp3) is 0.800. The Hall–Kier alpha value is -1.19. The third-order valence-electron chi connectivity index (χ3n) is 3.41. The number of carbonyl (C=O) groups excluding carboxylic acids is 1. The van der Waals surface area contributed by atoms with E-state index in [1.807, 2.05) is 6.92 Å². The van der Waals surface area contributed by atoms with Gasteiger partial charge in [0.15, 0.2) is 0 Å². The second-order valence-electron chi connectivity index (χ2n) is 5.08. The molecule has 1 rings (SSSR count). The molecule has 0 aliphatic rings. The summed E-state index contributed by atoms with van der Waals surface area (Å²) in [6.45, 7) is 5.02. The van der Waals surface area contributed by atoms with Gasteiger partial charge in [-0.25, -0.2) is 9.67 Å². The normalized spacial score (nSPS) is 10.8. The number of rotatable bonds is 11. The number of carbonyl (C=O) groups is 1. The van der Waals surface area contributed by atoms with Crippen molar-refractivity contribution in [3.63, 3.8) is 0 Å². The van der Waals surface area contributed by atoms with Gasteiger partial charge in [0.2, 0.25) is 0 Å². The van der Waals surface area contributed by atoms with E-state index >= 15 is 0 Å². The highest BCUT2D eigenvalue weighted by molar-refractivity contribution is 5.80. The van der Waals surface area contributed by atoms with Crippen molar-refractivity contribution in [1.29, 1.82) is 0 Å². The standard InChI is InChI=1S/C15H27N3O/c1-3-5-6-7-8-9-10-11-14(19)12-15-16-13-17-18(15)4-2/h13H,3-12H2,1-2H3. The number of Topliss-reactive ketones (excluding diaryl/α,β-unsaturated/α-hetero) is 1. The van der Waals surface area contributed by atoms with Crippen molar-refractivity contribution in [2.24, 2.45) is 0 Å². The molecule has 0 unspecified atom stereocenters. The molecule has 4 heteroatoms. The Morgan fingerprint density at radius 2 is 1.79 bits per heavy atom. The van der Waals surface area contributed by atoms with Crippen LogP contribution in [0.1, 0.15) is 71.0 Å². The van der Waals surface area contributed by atoms with Gasteiger partial charge in [-0.1, -0.05) is 45.4 Å². The third-order valence-corrected chi connectivity index (χ3v) is 3.41. The zero-order chi connectivity index (χ0) is 13.9. The largest absolute Gasteiger partial charge is 0.299 e. The SMILES string of the molecule is CCCCCCCCCC(=O)Cc1ncnn1CC. The molecule has 4 nitrogen and oxygen atoms in total. The summed E-state index contributed by atoms with van der Waals surface area (Å²) in [5.74, 6) is 1.09. The van der Waals surface area contributed by atoms with Gasteiger partial charge in [-0.15, -0.1) is 0 Å². The Balaban J connectivity index is 2.08. The van der Waals surface area contributed by atoms with Crippen molar-refractivity contribution in [1.82, 2.24) is 14.8 Å². The van der Waals surface area contributed by atoms with Crippen molar-refractivity contribution >= 4 is 5.78 Å². The second-order valence-corrected chi connectivity index (χ2v) is 5.08. The van der Waals surface area contributed by atoms with Gasteiger partial charge in [0.1, 0.15) is 17.9 Å². The summed E-state index contributed by atoms with van der Waals surface area (Å²) in [5.41, 5.74) is 0. The molecule has 0 aliphatic heterocycles. The molecular weight excluding hydrogens is 238 g/mol. The number of unbranched alkanes of at least 4 members (excludes halogenated alkanes) is 6. The topological polar surface area (TPSA) is 47.8 Å². The highest BCUT2D eigenvalue weighted by atomic mass is 16.1. The number of ketones is 1. The summed E-state index contributed by atoms with van der Waals surface area (Å²) in [4.78, 5) is 16.0. The van der Waals surface area contributed by atoms with Crippen LogP contribution in [0.5, 0.6) is 0 Å². The van der Waals surface area contributed by atoms with Gasteiger partial charge in [-0.3, -0.25) is 4.79 Å². The lowest BCUT2D eigenvalue weighted by Crippen LogP contribution is -2.10. The predicted octanol–water partition coefficient (Wildman–Crippen LogP) is 3.55. The van der Waals surface area contributed by atoms with Gasteiger partial charge in [0.05, 0.1) is 6.42 Å². The van der Waals surface area contributed by atoms with E-state index in [-0.39, 0.29) is 5.78 Å². The van der Waals surface area contributed by atoms with Gasteiger partial charge in [0.25, 0.3) is 0 Å². The minimum Gasteiger partial charge on any atom is -0.299 e. The molecule has 1 aromatic heterocycles. The van der Waals surface area contributed by atoms with Crippen molar-refractivity contribution in [2.45, 2.75) is 78.2 Å². The van der Waals surface area contributed by atoms with E-state index in [0.717, 1.165) is 18.8 Å². The first-order valence-electron chi connectivity index (χ1n) is 7.66. The second kappa shape index (κ2) is 9.70. The van der Waals surface area contributed by atoms with Crippen molar-refractivity contribution in [3.05, 3.63) is 12.2 Å². The Morgan fingerprint density at radius 1 is 1.11 bits per heavy atom. The van der Waals surface area contributed by atoms with Crippen LogP contribution in [0.15, 0.2) is 6.33 Å². The molecule has 0 atom stereocenters. The van der Waals surface area contributed by atoms with Crippen LogP contribution in [0.2, 0.25) is 0 Å². The molecular formula is C15H27N3O. The highest BCUT2D eigenvalue weighted by Gasteiger charge is 2.08. The summed E-state index contributed by atoms with van der Waals surface area (Å²) >= 11 is 0. The molecule has 19 heavy (non-hydrogen) atoms. The molecule has 0 fully saturated rings. The Labute approximate surface area is 116 Å². The average Bonchev–Trinajstić information content (AvgIpc) is 2.85. The van der Waals surface area contributed by atoms with Crippen LogP contribution < -0.4 is 0 Å². The van der Waals surface area contributed by atoms with Crippen LogP contribution in [0.25, 0.3) is 0 Å². The number of aryl methyl sites for hydroxylation is 1. The lowest BCUT2D eigenvalue weighted by atomic mass is 10.1. The minimum absolute atomic E-state index is 0.288. The maximum atomic E-state index is 11.8. The molecule has 0 amide bonds. The van der Waals surface area contributed by atoms with Crippen LogP contribution >= 0.6 is 0 Å². The van der Waals surface area contributed by atoms with E-state index in [1.165, 1.54) is 44.9 Å².